The van der Waals surface area contributed by atoms with Crippen LogP contribution in [-0.2, 0) is 10.8 Å². The second-order valence-electron chi connectivity index (χ2n) is 13.4. The maximum absolute atomic E-state index is 6.87. The van der Waals surface area contributed by atoms with E-state index in [2.05, 4.69) is 46.5 Å². The van der Waals surface area contributed by atoms with E-state index in [4.69, 9.17) is 54.0 Å². The highest BCUT2D eigenvalue weighted by Gasteiger charge is 2.30. The lowest BCUT2D eigenvalue weighted by molar-refractivity contribution is 0.462. The molecule has 0 saturated heterocycles. The summed E-state index contributed by atoms with van der Waals surface area (Å²) in [6.45, 7) is 13.0. The number of fused-ring (bicyclic) bond motifs is 1. The van der Waals surface area contributed by atoms with E-state index in [9.17, 15) is 0 Å². The molecule has 0 bridgehead atoms. The van der Waals surface area contributed by atoms with Crippen molar-refractivity contribution in [3.63, 3.8) is 0 Å². The van der Waals surface area contributed by atoms with Crippen LogP contribution in [0.25, 0.3) is 16.5 Å². The number of aromatic nitrogens is 1. The normalized spacial score (nSPS) is 14.8. The number of hydrogen-bond donors (Lipinski definition) is 1. The minimum atomic E-state index is 0.00375. The number of nitrogens with zero attached hydrogens (tertiary/aromatic N) is 1. The van der Waals surface area contributed by atoms with Gasteiger partial charge in [-0.05, 0) is 63.7 Å². The van der Waals surface area contributed by atoms with Gasteiger partial charge in [0.05, 0.1) is 10.7 Å². The lowest BCUT2D eigenvalue weighted by Gasteiger charge is -2.19. The monoisotopic (exact) mass is 684 g/mol. The van der Waals surface area contributed by atoms with Crippen molar-refractivity contribution in [2.45, 2.75) is 52.4 Å². The number of hydrogen-bond acceptors (Lipinski definition) is 4. The van der Waals surface area contributed by atoms with E-state index < -0.39 is 0 Å². The topological polar surface area (TPSA) is 55.8 Å². The minimum Gasteiger partial charge on any atom is -0.452 e. The summed E-state index contributed by atoms with van der Waals surface area (Å²) in [6.07, 6.45) is 0. The largest absolute Gasteiger partial charge is 0.452 e. The van der Waals surface area contributed by atoms with Gasteiger partial charge in [-0.1, -0.05) is 137 Å². The van der Waals surface area contributed by atoms with Crippen molar-refractivity contribution in [1.82, 2.24) is 4.98 Å². The molecule has 4 aromatic carbocycles. The van der Waals surface area contributed by atoms with Crippen LogP contribution in [0.1, 0.15) is 58.4 Å². The Morgan fingerprint density at radius 3 is 1.85 bits per heavy atom. The van der Waals surface area contributed by atoms with Gasteiger partial charge in [-0.2, -0.15) is 0 Å². The summed E-state index contributed by atoms with van der Waals surface area (Å²) in [4.78, 5) is 8.00. The van der Waals surface area contributed by atoms with Gasteiger partial charge < -0.3 is 19.2 Å². The molecule has 5 aromatic rings. The Morgan fingerprint density at radius 2 is 1.23 bits per heavy atom. The van der Waals surface area contributed by atoms with Gasteiger partial charge in [0.2, 0.25) is 11.8 Å². The van der Waals surface area contributed by atoms with Crippen LogP contribution in [0.3, 0.4) is 0 Å². The van der Waals surface area contributed by atoms with E-state index in [1.165, 1.54) is 11.1 Å². The summed E-state index contributed by atoms with van der Waals surface area (Å²) in [5, 5.41) is 2.61. The van der Waals surface area contributed by atoms with Crippen molar-refractivity contribution < 1.29 is 14.2 Å². The van der Waals surface area contributed by atoms with Crippen molar-refractivity contribution in [3.8, 4) is 23.1 Å². The standard InChI is InChI=1S/C39H35Cl3N2O3/c1-38(2,3)24-14-18-26(19-15-24)45-36-29(40)22-30(43-36)35(47-31-13-9-11-23-10-7-8-12-28(23)31)34-32(41)33(42)37(44-34)46-27-20-16-25(17-21-27)39(4,5)6/h7-22,43H,1-6H3/b35-34+. The first-order chi connectivity index (χ1) is 22.3. The van der Waals surface area contributed by atoms with Gasteiger partial charge in [0, 0.05) is 5.39 Å². The highest BCUT2D eigenvalue weighted by Crippen LogP contribution is 2.41. The molecule has 0 aliphatic carbocycles. The molecule has 0 amide bonds. The molecule has 0 spiro atoms. The number of aromatic amines is 1. The quantitative estimate of drug-likeness (QED) is 0.181. The molecule has 0 fully saturated rings. The molecular weight excluding hydrogens is 651 g/mol. The molecule has 0 unspecified atom stereocenters. The van der Waals surface area contributed by atoms with Crippen LogP contribution in [0.4, 0.5) is 0 Å². The van der Waals surface area contributed by atoms with Gasteiger partial charge in [0.1, 0.15) is 33.0 Å². The molecule has 1 N–H and O–H groups in total. The summed E-state index contributed by atoms with van der Waals surface area (Å²) >= 11 is 20.3. The molecule has 1 aliphatic heterocycles. The highest BCUT2D eigenvalue weighted by molar-refractivity contribution is 6.51. The summed E-state index contributed by atoms with van der Waals surface area (Å²) in [6, 6.07) is 31.2. The first-order valence-corrected chi connectivity index (χ1v) is 16.4. The Bertz CT molecular complexity index is 2040. The first kappa shape index (κ1) is 32.8. The van der Waals surface area contributed by atoms with Crippen molar-refractivity contribution in [3.05, 3.63) is 135 Å². The molecule has 240 valence electrons. The first-order valence-electron chi connectivity index (χ1n) is 15.3. The molecule has 6 rings (SSSR count). The average Bonchev–Trinajstić information content (AvgIpc) is 3.53. The van der Waals surface area contributed by atoms with Crippen LogP contribution in [0.15, 0.2) is 118 Å². The van der Waals surface area contributed by atoms with E-state index in [1.807, 2.05) is 91.0 Å². The fraction of sp³-hybridized carbons (Fsp3) is 0.205. The van der Waals surface area contributed by atoms with Crippen LogP contribution in [0.2, 0.25) is 5.02 Å². The number of ether oxygens (including phenoxy) is 3. The van der Waals surface area contributed by atoms with Crippen molar-refractivity contribution >= 4 is 57.2 Å². The Balaban J connectivity index is 1.41. The van der Waals surface area contributed by atoms with Gasteiger partial charge in [0.25, 0.3) is 0 Å². The van der Waals surface area contributed by atoms with Gasteiger partial charge in [0.15, 0.2) is 5.76 Å². The van der Waals surface area contributed by atoms with E-state index >= 15 is 0 Å². The number of nitrogens with one attached hydrogen (secondary N) is 1. The predicted molar refractivity (Wildman–Crippen MR) is 194 cm³/mol. The van der Waals surface area contributed by atoms with Crippen LogP contribution >= 0.6 is 34.8 Å². The Labute approximate surface area is 290 Å². The third-order valence-electron chi connectivity index (χ3n) is 7.83. The van der Waals surface area contributed by atoms with Crippen molar-refractivity contribution in [2.75, 3.05) is 0 Å². The maximum atomic E-state index is 6.87. The molecule has 8 heteroatoms. The maximum Gasteiger partial charge on any atom is 0.240 e. The molecular formula is C39H35Cl3N2O3. The smallest absolute Gasteiger partial charge is 0.240 e. The summed E-state index contributed by atoms with van der Waals surface area (Å²) in [7, 11) is 0. The highest BCUT2D eigenvalue weighted by atomic mass is 35.5. The van der Waals surface area contributed by atoms with Crippen LogP contribution in [0.5, 0.6) is 23.1 Å². The number of H-pyrrole nitrogens is 1. The Kier molecular flexibility index (Phi) is 8.92. The van der Waals surface area contributed by atoms with Gasteiger partial charge in [-0.25, -0.2) is 4.99 Å². The number of halogens is 3. The van der Waals surface area contributed by atoms with Gasteiger partial charge >= 0.3 is 0 Å². The van der Waals surface area contributed by atoms with E-state index in [1.54, 1.807) is 6.07 Å². The van der Waals surface area contributed by atoms with Gasteiger partial charge in [-0.3, -0.25) is 0 Å². The second-order valence-corrected chi connectivity index (χ2v) is 14.6. The SMILES string of the molecule is CC(C)(C)c1ccc(OC2=N/C(=C(/Oc3cccc4ccccc34)c3cc(Cl)c(Oc4ccc(C(C)(C)C)cc4)[nH]3)C(Cl)=C2Cl)cc1. The molecule has 2 heterocycles. The third-order valence-corrected chi connectivity index (χ3v) is 8.93. The fourth-order valence-electron chi connectivity index (χ4n) is 5.12. The third kappa shape index (κ3) is 7.08. The lowest BCUT2D eigenvalue weighted by Crippen LogP contribution is -2.11. The molecule has 1 aliphatic rings. The van der Waals surface area contributed by atoms with Crippen LogP contribution in [0, 0.1) is 0 Å². The van der Waals surface area contributed by atoms with Gasteiger partial charge in [-0.15, -0.1) is 0 Å². The zero-order chi connectivity index (χ0) is 33.5. The number of benzene rings is 4. The number of rotatable bonds is 6. The molecule has 0 saturated carbocycles. The molecule has 47 heavy (non-hydrogen) atoms. The molecule has 0 atom stereocenters. The minimum absolute atomic E-state index is 0.00375. The fourth-order valence-corrected chi connectivity index (χ4v) is 5.70. The van der Waals surface area contributed by atoms with Crippen LogP contribution < -0.4 is 14.2 Å². The summed E-state index contributed by atoms with van der Waals surface area (Å²) < 4.78 is 18.9. The summed E-state index contributed by atoms with van der Waals surface area (Å²) in [5.41, 5.74) is 3.16. The molecule has 5 nitrogen and oxygen atoms in total. The zero-order valence-corrected chi connectivity index (χ0v) is 29.3. The Hall–Kier alpha value is -4.16. The number of aliphatic imine (C=N–C) groups is 1. The van der Waals surface area contributed by atoms with E-state index in [-0.39, 0.29) is 32.5 Å². The number of allylic oxidation sites excluding steroid dienone is 1. The zero-order valence-electron chi connectivity index (χ0n) is 27.0. The summed E-state index contributed by atoms with van der Waals surface area (Å²) in [5.74, 6) is 2.60. The van der Waals surface area contributed by atoms with Crippen molar-refractivity contribution in [1.29, 1.82) is 0 Å². The average molecular weight is 686 g/mol. The second kappa shape index (κ2) is 12.8. The van der Waals surface area contributed by atoms with E-state index in [0.29, 0.717) is 39.6 Å². The van der Waals surface area contributed by atoms with E-state index in [0.717, 1.165) is 10.8 Å². The molecule has 0 radical (unpaired) electrons. The van der Waals surface area contributed by atoms with Crippen molar-refractivity contribution in [2.24, 2.45) is 4.99 Å². The Morgan fingerprint density at radius 1 is 0.660 bits per heavy atom. The molecule has 1 aromatic heterocycles. The van der Waals surface area contributed by atoms with Crippen LogP contribution in [-0.4, -0.2) is 10.9 Å². The lowest BCUT2D eigenvalue weighted by atomic mass is 9.87. The predicted octanol–water partition coefficient (Wildman–Crippen LogP) is 12.1.